The normalized spacial score (nSPS) is 10.1. The average molecular weight is 367 g/mol. The molecular formula is C10H9Br2NO4. The highest BCUT2D eigenvalue weighted by molar-refractivity contribution is 9.10. The van der Waals surface area contributed by atoms with Gasteiger partial charge in [0.15, 0.2) is 0 Å². The highest BCUT2D eigenvalue weighted by Gasteiger charge is 2.19. The van der Waals surface area contributed by atoms with Crippen LogP contribution in [0.25, 0.3) is 0 Å². The van der Waals surface area contributed by atoms with Crippen molar-refractivity contribution in [1.82, 2.24) is 0 Å². The Bertz CT molecular complexity index is 462. The summed E-state index contributed by atoms with van der Waals surface area (Å²) in [5, 5.41) is 11.2. The van der Waals surface area contributed by atoms with Crippen molar-refractivity contribution in [3.63, 3.8) is 0 Å². The molecule has 0 radical (unpaired) electrons. The standard InChI is InChI=1S/C10H9Br2NO4/c1-17-10(14)3-6-2-7(12)4-9(13(15)16)8(6)5-11/h2,4H,3,5H2,1H3. The number of nitro groups is 1. The molecule has 0 saturated heterocycles. The third-order valence-corrected chi connectivity index (χ3v) is 3.19. The molecule has 7 heteroatoms. The van der Waals surface area contributed by atoms with Crippen LogP contribution < -0.4 is 0 Å². The summed E-state index contributed by atoms with van der Waals surface area (Å²) in [4.78, 5) is 21.6. The second kappa shape index (κ2) is 6.11. The second-order valence-electron chi connectivity index (χ2n) is 3.21. The van der Waals surface area contributed by atoms with Gasteiger partial charge in [-0.05, 0) is 11.6 Å². The van der Waals surface area contributed by atoms with Crippen molar-refractivity contribution in [3.8, 4) is 0 Å². The topological polar surface area (TPSA) is 69.4 Å². The van der Waals surface area contributed by atoms with Crippen LogP contribution in [0.3, 0.4) is 0 Å². The lowest BCUT2D eigenvalue weighted by molar-refractivity contribution is -0.385. The van der Waals surface area contributed by atoms with Gasteiger partial charge in [0.2, 0.25) is 0 Å². The summed E-state index contributed by atoms with van der Waals surface area (Å²) in [7, 11) is 1.28. The molecule has 92 valence electrons. The van der Waals surface area contributed by atoms with Crippen LogP contribution in [0.1, 0.15) is 11.1 Å². The lowest BCUT2D eigenvalue weighted by Gasteiger charge is -2.08. The van der Waals surface area contributed by atoms with E-state index in [1.807, 2.05) is 0 Å². The van der Waals surface area contributed by atoms with E-state index in [2.05, 4.69) is 36.6 Å². The average Bonchev–Trinajstić information content (AvgIpc) is 2.28. The van der Waals surface area contributed by atoms with Crippen LogP contribution in [-0.4, -0.2) is 18.0 Å². The maximum Gasteiger partial charge on any atom is 0.309 e. The molecule has 5 nitrogen and oxygen atoms in total. The number of halogens is 2. The van der Waals surface area contributed by atoms with Gasteiger partial charge in [-0.25, -0.2) is 0 Å². The van der Waals surface area contributed by atoms with Gasteiger partial charge >= 0.3 is 5.97 Å². The first kappa shape index (κ1) is 14.1. The lowest BCUT2D eigenvalue weighted by atomic mass is 10.0. The van der Waals surface area contributed by atoms with Crippen molar-refractivity contribution in [2.75, 3.05) is 7.11 Å². The van der Waals surface area contributed by atoms with Gasteiger partial charge < -0.3 is 4.74 Å². The van der Waals surface area contributed by atoms with Crippen LogP contribution in [0.4, 0.5) is 5.69 Å². The zero-order valence-corrected chi connectivity index (χ0v) is 12.1. The van der Waals surface area contributed by atoms with E-state index >= 15 is 0 Å². The molecular weight excluding hydrogens is 358 g/mol. The first-order valence-corrected chi connectivity index (χ1v) is 6.49. The van der Waals surface area contributed by atoms with Crippen molar-refractivity contribution in [2.24, 2.45) is 0 Å². The Morgan fingerprint density at radius 1 is 1.53 bits per heavy atom. The molecule has 0 N–H and O–H groups in total. The Balaban J connectivity index is 3.27. The van der Waals surface area contributed by atoms with Crippen LogP contribution in [-0.2, 0) is 21.3 Å². The fourth-order valence-electron chi connectivity index (χ4n) is 1.38. The summed E-state index contributed by atoms with van der Waals surface area (Å²) in [6.07, 6.45) is 0.0116. The van der Waals surface area contributed by atoms with Gasteiger partial charge in [0.05, 0.1) is 18.5 Å². The summed E-state index contributed by atoms with van der Waals surface area (Å²) >= 11 is 6.38. The van der Waals surface area contributed by atoms with Crippen molar-refractivity contribution < 1.29 is 14.5 Å². The number of rotatable bonds is 4. The van der Waals surface area contributed by atoms with E-state index < -0.39 is 10.9 Å². The van der Waals surface area contributed by atoms with E-state index in [4.69, 9.17) is 0 Å². The number of hydrogen-bond donors (Lipinski definition) is 0. The number of carbonyl (C=O) groups is 1. The maximum absolute atomic E-state index is 11.2. The van der Waals surface area contributed by atoms with Crippen molar-refractivity contribution in [2.45, 2.75) is 11.8 Å². The highest BCUT2D eigenvalue weighted by atomic mass is 79.9. The first-order valence-electron chi connectivity index (χ1n) is 4.58. The summed E-state index contributed by atoms with van der Waals surface area (Å²) < 4.78 is 5.12. The number of ether oxygens (including phenoxy) is 1. The molecule has 0 unspecified atom stereocenters. The molecule has 0 bridgehead atoms. The van der Waals surface area contributed by atoms with Gasteiger partial charge in [-0.15, -0.1) is 0 Å². The van der Waals surface area contributed by atoms with E-state index in [9.17, 15) is 14.9 Å². The van der Waals surface area contributed by atoms with Crippen LogP contribution in [0, 0.1) is 10.1 Å². The Kier molecular flexibility index (Phi) is 5.07. The van der Waals surface area contributed by atoms with Crippen molar-refractivity contribution in [3.05, 3.63) is 37.8 Å². The summed E-state index contributed by atoms with van der Waals surface area (Å²) in [6.45, 7) is 0. The molecule has 0 aliphatic carbocycles. The van der Waals surface area contributed by atoms with E-state index in [1.165, 1.54) is 13.2 Å². The quantitative estimate of drug-likeness (QED) is 0.355. The van der Waals surface area contributed by atoms with Crippen molar-refractivity contribution >= 4 is 43.5 Å². The summed E-state index contributed by atoms with van der Waals surface area (Å²) in [5.41, 5.74) is 1.05. The third-order valence-electron chi connectivity index (χ3n) is 2.18. The molecule has 0 atom stereocenters. The van der Waals surface area contributed by atoms with Crippen LogP contribution in [0.15, 0.2) is 16.6 Å². The fourth-order valence-corrected chi connectivity index (χ4v) is 2.52. The van der Waals surface area contributed by atoms with Crippen molar-refractivity contribution in [1.29, 1.82) is 0 Å². The molecule has 0 saturated carbocycles. The van der Waals surface area contributed by atoms with Gasteiger partial charge in [-0.2, -0.15) is 0 Å². The lowest BCUT2D eigenvalue weighted by Crippen LogP contribution is -2.08. The number of nitrogens with zero attached hydrogens (tertiary/aromatic N) is 1. The molecule has 17 heavy (non-hydrogen) atoms. The van der Waals surface area contributed by atoms with E-state index in [0.717, 1.165) is 0 Å². The number of alkyl halides is 1. The smallest absolute Gasteiger partial charge is 0.309 e. The minimum absolute atomic E-state index is 0.0116. The van der Waals surface area contributed by atoms with Gasteiger partial charge in [-0.3, -0.25) is 14.9 Å². The second-order valence-corrected chi connectivity index (χ2v) is 4.68. The molecule has 0 amide bonds. The predicted molar refractivity (Wildman–Crippen MR) is 69.1 cm³/mol. The Morgan fingerprint density at radius 3 is 2.65 bits per heavy atom. The molecule has 1 aromatic carbocycles. The number of carbonyl (C=O) groups excluding carboxylic acids is 1. The molecule has 1 rings (SSSR count). The maximum atomic E-state index is 11.2. The van der Waals surface area contributed by atoms with E-state index in [0.29, 0.717) is 20.9 Å². The molecule has 0 fully saturated rings. The zero-order valence-electron chi connectivity index (χ0n) is 8.91. The number of hydrogen-bond acceptors (Lipinski definition) is 4. The van der Waals surface area contributed by atoms with Crippen LogP contribution >= 0.6 is 31.9 Å². The summed E-state index contributed by atoms with van der Waals surface area (Å²) in [6, 6.07) is 3.10. The monoisotopic (exact) mass is 365 g/mol. The highest BCUT2D eigenvalue weighted by Crippen LogP contribution is 2.29. The Hall–Kier alpha value is -0.950. The number of methoxy groups -OCH3 is 1. The summed E-state index contributed by atoms with van der Waals surface area (Å²) in [5.74, 6) is -0.431. The molecule has 1 aromatic rings. The predicted octanol–water partition coefficient (Wildman–Crippen LogP) is 2.97. The zero-order chi connectivity index (χ0) is 13.0. The largest absolute Gasteiger partial charge is 0.469 e. The molecule has 0 aliphatic heterocycles. The van der Waals surface area contributed by atoms with Gasteiger partial charge in [0.1, 0.15) is 0 Å². The van der Waals surface area contributed by atoms with Crippen LogP contribution in [0.2, 0.25) is 0 Å². The molecule has 0 aliphatic rings. The fraction of sp³-hybridized carbons (Fsp3) is 0.300. The molecule has 0 aromatic heterocycles. The Labute approximate surface area is 115 Å². The van der Waals surface area contributed by atoms with Gasteiger partial charge in [-0.1, -0.05) is 31.9 Å². The molecule has 0 spiro atoms. The van der Waals surface area contributed by atoms with Crippen LogP contribution in [0.5, 0.6) is 0 Å². The van der Waals surface area contributed by atoms with E-state index in [-0.39, 0.29) is 12.1 Å². The van der Waals surface area contributed by atoms with E-state index in [1.54, 1.807) is 6.07 Å². The third kappa shape index (κ3) is 3.50. The number of benzene rings is 1. The molecule has 0 heterocycles. The number of nitro benzene ring substituents is 1. The minimum Gasteiger partial charge on any atom is -0.469 e. The SMILES string of the molecule is COC(=O)Cc1cc(Br)cc([N+](=O)[O-])c1CBr. The van der Waals surface area contributed by atoms with Gasteiger partial charge in [0.25, 0.3) is 5.69 Å². The minimum atomic E-state index is -0.470. The van der Waals surface area contributed by atoms with Gasteiger partial charge in [0, 0.05) is 21.4 Å². The number of esters is 1. The first-order chi connectivity index (χ1) is 7.99. The Morgan fingerprint density at radius 2 is 2.18 bits per heavy atom.